The smallest absolute Gasteiger partial charge is 0.271 e. The van der Waals surface area contributed by atoms with E-state index in [0.717, 1.165) is 5.56 Å². The Morgan fingerprint density at radius 2 is 2.21 bits per heavy atom. The number of amides is 1. The van der Waals surface area contributed by atoms with Gasteiger partial charge in [0.05, 0.1) is 11.3 Å². The molecule has 0 radical (unpaired) electrons. The minimum Gasteiger partial charge on any atom is -0.325 e. The molecule has 0 aliphatic heterocycles. The summed E-state index contributed by atoms with van der Waals surface area (Å²) in [6.07, 6.45) is 0. The Balaban J connectivity index is 1.71. The van der Waals surface area contributed by atoms with E-state index < -0.39 is 0 Å². The highest BCUT2D eigenvalue weighted by Gasteiger charge is 2.12. The Bertz CT molecular complexity index is 981. The van der Waals surface area contributed by atoms with E-state index in [0.29, 0.717) is 26.1 Å². The quantitative estimate of drug-likeness (QED) is 0.554. The van der Waals surface area contributed by atoms with Crippen LogP contribution in [0.1, 0.15) is 5.56 Å². The number of fused-ring (bicyclic) bond motifs is 1. The summed E-state index contributed by atoms with van der Waals surface area (Å²) in [6, 6.07) is 7.17. The molecule has 0 atom stereocenters. The molecule has 0 bridgehead atoms. The van der Waals surface area contributed by atoms with E-state index in [4.69, 9.17) is 11.6 Å². The normalized spacial score (nSPS) is 11.0. The first kappa shape index (κ1) is 17.0. The average molecular weight is 380 g/mol. The van der Waals surface area contributed by atoms with Crippen LogP contribution in [0.25, 0.3) is 10.2 Å². The van der Waals surface area contributed by atoms with Crippen molar-refractivity contribution < 1.29 is 4.79 Å². The molecule has 1 aromatic carbocycles. The highest BCUT2D eigenvalue weighted by Crippen LogP contribution is 2.22. The molecule has 3 rings (SSSR count). The standard InChI is InChI=1S/C16H14ClN3O2S2/c1-9-3-4-10(7-11(9)17)18-13(21)8-24-16-19-12-5-6-23-14(12)15(22)20(16)2/h3-7H,8H2,1-2H3,(H,18,21). The van der Waals surface area contributed by atoms with Crippen molar-refractivity contribution in [1.29, 1.82) is 0 Å². The Labute approximate surface area is 151 Å². The third-order valence-corrected chi connectivity index (χ3v) is 5.76. The first-order chi connectivity index (χ1) is 11.5. The lowest BCUT2D eigenvalue weighted by Gasteiger charge is -2.08. The molecular formula is C16H14ClN3O2S2. The van der Waals surface area contributed by atoms with Crippen molar-refractivity contribution in [3.8, 4) is 0 Å². The summed E-state index contributed by atoms with van der Waals surface area (Å²) < 4.78 is 2.10. The number of aromatic nitrogens is 2. The molecule has 124 valence electrons. The van der Waals surface area contributed by atoms with E-state index in [9.17, 15) is 9.59 Å². The summed E-state index contributed by atoms with van der Waals surface area (Å²) in [5, 5.41) is 5.74. The average Bonchev–Trinajstić information content (AvgIpc) is 3.01. The fourth-order valence-corrected chi connectivity index (χ4v) is 3.85. The predicted octanol–water partition coefficient (Wildman–Crippen LogP) is 3.69. The van der Waals surface area contributed by atoms with Crippen LogP contribution in [0.15, 0.2) is 39.6 Å². The minimum atomic E-state index is -0.181. The lowest BCUT2D eigenvalue weighted by Crippen LogP contribution is -2.20. The van der Waals surface area contributed by atoms with Crippen LogP contribution in [-0.4, -0.2) is 21.2 Å². The van der Waals surface area contributed by atoms with E-state index in [1.54, 1.807) is 25.2 Å². The number of halogens is 1. The van der Waals surface area contributed by atoms with E-state index in [1.807, 2.05) is 18.4 Å². The number of carbonyl (C=O) groups is 1. The summed E-state index contributed by atoms with van der Waals surface area (Å²) >= 11 is 8.64. The van der Waals surface area contributed by atoms with Gasteiger partial charge in [-0.2, -0.15) is 0 Å². The van der Waals surface area contributed by atoms with Crippen LogP contribution in [-0.2, 0) is 11.8 Å². The fraction of sp³-hybridized carbons (Fsp3) is 0.188. The van der Waals surface area contributed by atoms with Crippen LogP contribution in [0, 0.1) is 6.92 Å². The van der Waals surface area contributed by atoms with Gasteiger partial charge in [0, 0.05) is 17.8 Å². The number of thioether (sulfide) groups is 1. The Morgan fingerprint density at radius 3 is 2.96 bits per heavy atom. The van der Waals surface area contributed by atoms with Crippen LogP contribution < -0.4 is 10.9 Å². The molecule has 1 amide bonds. The van der Waals surface area contributed by atoms with E-state index in [2.05, 4.69) is 10.3 Å². The van der Waals surface area contributed by atoms with Crippen LogP contribution >= 0.6 is 34.7 Å². The lowest BCUT2D eigenvalue weighted by molar-refractivity contribution is -0.113. The molecule has 0 aliphatic rings. The zero-order chi connectivity index (χ0) is 17.3. The van der Waals surface area contributed by atoms with E-state index in [1.165, 1.54) is 27.7 Å². The van der Waals surface area contributed by atoms with Gasteiger partial charge in [-0.15, -0.1) is 11.3 Å². The zero-order valence-electron chi connectivity index (χ0n) is 13.0. The first-order valence-electron chi connectivity index (χ1n) is 7.09. The second-order valence-corrected chi connectivity index (χ2v) is 7.46. The molecule has 3 aromatic rings. The predicted molar refractivity (Wildman–Crippen MR) is 100 cm³/mol. The van der Waals surface area contributed by atoms with Gasteiger partial charge in [0.2, 0.25) is 5.91 Å². The van der Waals surface area contributed by atoms with Crippen LogP contribution in [0.5, 0.6) is 0 Å². The maximum Gasteiger partial charge on any atom is 0.271 e. The SMILES string of the molecule is Cc1ccc(NC(=O)CSc2nc3ccsc3c(=O)n2C)cc1Cl. The number of aryl methyl sites for hydroxylation is 1. The number of anilines is 1. The number of carbonyl (C=O) groups excluding carboxylic acids is 1. The molecule has 0 spiro atoms. The summed E-state index contributed by atoms with van der Waals surface area (Å²) in [5.74, 6) is -0.0268. The minimum absolute atomic E-state index is 0.0942. The van der Waals surface area contributed by atoms with Gasteiger partial charge >= 0.3 is 0 Å². The molecule has 0 saturated carbocycles. The maximum absolute atomic E-state index is 12.2. The van der Waals surface area contributed by atoms with Gasteiger partial charge in [0.25, 0.3) is 5.56 Å². The topological polar surface area (TPSA) is 64.0 Å². The molecule has 2 heterocycles. The van der Waals surface area contributed by atoms with Crippen molar-refractivity contribution >= 4 is 56.5 Å². The lowest BCUT2D eigenvalue weighted by atomic mass is 10.2. The molecule has 0 unspecified atom stereocenters. The summed E-state index contributed by atoms with van der Waals surface area (Å²) in [4.78, 5) is 28.8. The Kier molecular flexibility index (Phi) is 4.93. The number of nitrogens with one attached hydrogen (secondary N) is 1. The number of hydrogen-bond donors (Lipinski definition) is 1. The van der Waals surface area contributed by atoms with Crippen molar-refractivity contribution in [3.63, 3.8) is 0 Å². The van der Waals surface area contributed by atoms with Crippen molar-refractivity contribution in [2.75, 3.05) is 11.1 Å². The highest BCUT2D eigenvalue weighted by molar-refractivity contribution is 7.99. The summed E-state index contributed by atoms with van der Waals surface area (Å²) in [6.45, 7) is 1.90. The third-order valence-electron chi connectivity index (χ3n) is 3.43. The van der Waals surface area contributed by atoms with Crippen LogP contribution in [0.2, 0.25) is 5.02 Å². The summed E-state index contributed by atoms with van der Waals surface area (Å²) in [7, 11) is 1.66. The van der Waals surface area contributed by atoms with Crippen molar-refractivity contribution in [2.24, 2.45) is 7.05 Å². The number of rotatable bonds is 4. The maximum atomic E-state index is 12.2. The molecule has 0 aliphatic carbocycles. The van der Waals surface area contributed by atoms with Gasteiger partial charge in [0.1, 0.15) is 4.70 Å². The van der Waals surface area contributed by atoms with Crippen LogP contribution in [0.4, 0.5) is 5.69 Å². The molecule has 1 N–H and O–H groups in total. The fourth-order valence-electron chi connectivity index (χ4n) is 2.09. The monoisotopic (exact) mass is 379 g/mol. The Morgan fingerprint density at radius 1 is 1.42 bits per heavy atom. The first-order valence-corrected chi connectivity index (χ1v) is 9.33. The van der Waals surface area contributed by atoms with Gasteiger partial charge in [-0.05, 0) is 36.1 Å². The molecule has 5 nitrogen and oxygen atoms in total. The summed E-state index contributed by atoms with van der Waals surface area (Å²) in [5.41, 5.74) is 2.16. The number of hydrogen-bond acceptors (Lipinski definition) is 5. The molecular weight excluding hydrogens is 366 g/mol. The van der Waals surface area contributed by atoms with E-state index >= 15 is 0 Å². The second-order valence-electron chi connectivity index (χ2n) is 5.19. The van der Waals surface area contributed by atoms with Gasteiger partial charge in [-0.3, -0.25) is 14.2 Å². The second kappa shape index (κ2) is 6.96. The number of benzene rings is 1. The molecule has 8 heteroatoms. The van der Waals surface area contributed by atoms with Crippen molar-refractivity contribution in [1.82, 2.24) is 9.55 Å². The Hall–Kier alpha value is -1.83. The van der Waals surface area contributed by atoms with E-state index in [-0.39, 0.29) is 17.2 Å². The van der Waals surface area contributed by atoms with Crippen molar-refractivity contribution in [2.45, 2.75) is 12.1 Å². The molecule has 2 aromatic heterocycles. The number of nitrogens with zero attached hydrogens (tertiary/aromatic N) is 2. The highest BCUT2D eigenvalue weighted by atomic mass is 35.5. The van der Waals surface area contributed by atoms with Crippen LogP contribution in [0.3, 0.4) is 0 Å². The van der Waals surface area contributed by atoms with Gasteiger partial charge in [-0.1, -0.05) is 29.4 Å². The van der Waals surface area contributed by atoms with Gasteiger partial charge in [-0.25, -0.2) is 4.98 Å². The largest absolute Gasteiger partial charge is 0.325 e. The third kappa shape index (κ3) is 3.48. The zero-order valence-corrected chi connectivity index (χ0v) is 15.4. The molecule has 24 heavy (non-hydrogen) atoms. The van der Waals surface area contributed by atoms with Gasteiger partial charge < -0.3 is 5.32 Å². The number of thiophene rings is 1. The van der Waals surface area contributed by atoms with Crippen molar-refractivity contribution in [3.05, 3.63) is 50.6 Å². The molecule has 0 fully saturated rings. The van der Waals surface area contributed by atoms with Gasteiger partial charge in [0.15, 0.2) is 5.16 Å². The molecule has 0 saturated heterocycles.